The van der Waals surface area contributed by atoms with Crippen molar-refractivity contribution >= 4 is 11.8 Å². The van der Waals surface area contributed by atoms with Crippen molar-refractivity contribution in [2.24, 2.45) is 0 Å². The summed E-state index contributed by atoms with van der Waals surface area (Å²) in [5, 5.41) is 2.74. The first kappa shape index (κ1) is 18.3. The smallest absolute Gasteiger partial charge is 0.411 e. The first-order chi connectivity index (χ1) is 12.8. The SMILES string of the molecule is O=C(Nc1ccc(Oc2ccccc2)cc1)OCCCN1CCCCC1. The molecule has 0 bridgehead atoms. The summed E-state index contributed by atoms with van der Waals surface area (Å²) in [6.07, 6.45) is 4.36. The lowest BCUT2D eigenvalue weighted by Crippen LogP contribution is -2.31. The molecule has 5 heteroatoms. The molecule has 1 aliphatic heterocycles. The van der Waals surface area contributed by atoms with E-state index in [4.69, 9.17) is 9.47 Å². The molecule has 1 heterocycles. The summed E-state index contributed by atoms with van der Waals surface area (Å²) in [6, 6.07) is 16.8. The predicted molar refractivity (Wildman–Crippen MR) is 103 cm³/mol. The highest BCUT2D eigenvalue weighted by Gasteiger charge is 2.10. The summed E-state index contributed by atoms with van der Waals surface area (Å²) in [4.78, 5) is 14.3. The third-order valence-corrected chi connectivity index (χ3v) is 4.38. The molecular formula is C21H26N2O3. The van der Waals surface area contributed by atoms with E-state index in [1.807, 2.05) is 42.5 Å². The quantitative estimate of drug-likeness (QED) is 0.718. The van der Waals surface area contributed by atoms with Crippen LogP contribution in [0.4, 0.5) is 10.5 Å². The fraction of sp³-hybridized carbons (Fsp3) is 0.381. The second-order valence-corrected chi connectivity index (χ2v) is 6.46. The van der Waals surface area contributed by atoms with Crippen molar-refractivity contribution in [1.82, 2.24) is 4.90 Å². The summed E-state index contributed by atoms with van der Waals surface area (Å²) in [7, 11) is 0. The Morgan fingerprint density at radius 2 is 1.62 bits per heavy atom. The highest BCUT2D eigenvalue weighted by Crippen LogP contribution is 2.22. The molecule has 3 rings (SSSR count). The molecule has 0 atom stereocenters. The summed E-state index contributed by atoms with van der Waals surface area (Å²) >= 11 is 0. The normalized spacial score (nSPS) is 14.6. The maximum atomic E-state index is 11.9. The summed E-state index contributed by atoms with van der Waals surface area (Å²) in [5.41, 5.74) is 0.687. The molecule has 2 aromatic rings. The fourth-order valence-corrected chi connectivity index (χ4v) is 3.02. The van der Waals surface area contributed by atoms with Crippen LogP contribution in [-0.4, -0.2) is 37.2 Å². The van der Waals surface area contributed by atoms with E-state index in [0.717, 1.165) is 24.5 Å². The van der Waals surface area contributed by atoms with E-state index < -0.39 is 6.09 Å². The van der Waals surface area contributed by atoms with Gasteiger partial charge in [0.2, 0.25) is 0 Å². The molecule has 1 amide bonds. The Morgan fingerprint density at radius 3 is 2.35 bits per heavy atom. The minimum atomic E-state index is -0.416. The number of ether oxygens (including phenoxy) is 2. The molecule has 1 aliphatic rings. The third-order valence-electron chi connectivity index (χ3n) is 4.38. The Morgan fingerprint density at radius 1 is 0.923 bits per heavy atom. The Hall–Kier alpha value is -2.53. The largest absolute Gasteiger partial charge is 0.457 e. The first-order valence-electron chi connectivity index (χ1n) is 9.29. The first-order valence-corrected chi connectivity index (χ1v) is 9.29. The van der Waals surface area contributed by atoms with Crippen LogP contribution in [0.2, 0.25) is 0 Å². The van der Waals surface area contributed by atoms with E-state index in [1.165, 1.54) is 32.4 Å². The minimum absolute atomic E-state index is 0.416. The molecule has 0 saturated carbocycles. The van der Waals surface area contributed by atoms with Crippen LogP contribution in [0.25, 0.3) is 0 Å². The van der Waals surface area contributed by atoms with Crippen molar-refractivity contribution in [3.05, 3.63) is 54.6 Å². The molecule has 138 valence electrons. The highest BCUT2D eigenvalue weighted by atomic mass is 16.5. The van der Waals surface area contributed by atoms with E-state index in [0.29, 0.717) is 12.3 Å². The number of carbonyl (C=O) groups excluding carboxylic acids is 1. The molecule has 1 fully saturated rings. The molecule has 1 saturated heterocycles. The Kier molecular flexibility index (Phi) is 6.90. The number of carbonyl (C=O) groups is 1. The lowest BCUT2D eigenvalue weighted by Gasteiger charge is -2.26. The number of nitrogens with zero attached hydrogens (tertiary/aromatic N) is 1. The van der Waals surface area contributed by atoms with Crippen molar-refractivity contribution in [3.63, 3.8) is 0 Å². The number of nitrogens with one attached hydrogen (secondary N) is 1. The number of hydrogen-bond acceptors (Lipinski definition) is 4. The minimum Gasteiger partial charge on any atom is -0.457 e. The van der Waals surface area contributed by atoms with E-state index in [-0.39, 0.29) is 0 Å². The van der Waals surface area contributed by atoms with Crippen LogP contribution < -0.4 is 10.1 Å². The number of rotatable bonds is 7. The summed E-state index contributed by atoms with van der Waals surface area (Å²) < 4.78 is 11.0. The van der Waals surface area contributed by atoms with Crippen LogP contribution in [0.3, 0.4) is 0 Å². The van der Waals surface area contributed by atoms with E-state index >= 15 is 0 Å². The van der Waals surface area contributed by atoms with Crippen LogP contribution in [0.5, 0.6) is 11.5 Å². The van der Waals surface area contributed by atoms with Crippen molar-refractivity contribution in [3.8, 4) is 11.5 Å². The monoisotopic (exact) mass is 354 g/mol. The van der Waals surface area contributed by atoms with Gasteiger partial charge in [0.25, 0.3) is 0 Å². The van der Waals surface area contributed by atoms with Gasteiger partial charge in [0.1, 0.15) is 11.5 Å². The molecular weight excluding hydrogens is 328 g/mol. The van der Waals surface area contributed by atoms with Gasteiger partial charge in [-0.3, -0.25) is 5.32 Å². The maximum Gasteiger partial charge on any atom is 0.411 e. The van der Waals surface area contributed by atoms with E-state index in [1.54, 1.807) is 12.1 Å². The zero-order valence-electron chi connectivity index (χ0n) is 15.0. The van der Waals surface area contributed by atoms with E-state index in [9.17, 15) is 4.79 Å². The van der Waals surface area contributed by atoms with Gasteiger partial charge in [-0.2, -0.15) is 0 Å². The number of piperidine rings is 1. The molecule has 0 aromatic heterocycles. The molecule has 0 spiro atoms. The molecule has 1 N–H and O–H groups in total. The Bertz CT molecular complexity index is 667. The summed E-state index contributed by atoms with van der Waals surface area (Å²) in [6.45, 7) is 3.78. The van der Waals surface area contributed by atoms with Gasteiger partial charge < -0.3 is 14.4 Å². The maximum absolute atomic E-state index is 11.9. The van der Waals surface area contributed by atoms with Gasteiger partial charge in [-0.15, -0.1) is 0 Å². The van der Waals surface area contributed by atoms with Crippen molar-refractivity contribution in [2.45, 2.75) is 25.7 Å². The average molecular weight is 354 g/mol. The standard InChI is InChI=1S/C21H26N2O3/c24-21(25-17-7-16-23-14-5-2-6-15-23)22-18-10-12-20(13-11-18)26-19-8-3-1-4-9-19/h1,3-4,8-13H,2,5-7,14-17H2,(H,22,24). The van der Waals surface area contributed by atoms with Crippen LogP contribution in [0.15, 0.2) is 54.6 Å². The van der Waals surface area contributed by atoms with Crippen LogP contribution >= 0.6 is 0 Å². The van der Waals surface area contributed by atoms with Gasteiger partial charge in [0.05, 0.1) is 6.61 Å². The van der Waals surface area contributed by atoms with E-state index in [2.05, 4.69) is 10.2 Å². The molecule has 5 nitrogen and oxygen atoms in total. The number of hydrogen-bond donors (Lipinski definition) is 1. The zero-order chi connectivity index (χ0) is 18.0. The van der Waals surface area contributed by atoms with Gasteiger partial charge in [0, 0.05) is 12.2 Å². The van der Waals surface area contributed by atoms with Crippen molar-refractivity contribution in [2.75, 3.05) is 31.6 Å². The lowest BCUT2D eigenvalue weighted by atomic mass is 10.1. The van der Waals surface area contributed by atoms with Crippen LogP contribution in [0, 0.1) is 0 Å². The van der Waals surface area contributed by atoms with Gasteiger partial charge in [-0.25, -0.2) is 4.79 Å². The van der Waals surface area contributed by atoms with Crippen LogP contribution in [0.1, 0.15) is 25.7 Å². The number of amides is 1. The second kappa shape index (κ2) is 9.82. The van der Waals surface area contributed by atoms with Crippen LogP contribution in [-0.2, 0) is 4.74 Å². The second-order valence-electron chi connectivity index (χ2n) is 6.46. The molecule has 0 radical (unpaired) electrons. The van der Waals surface area contributed by atoms with Gasteiger partial charge in [0.15, 0.2) is 0 Å². The summed E-state index contributed by atoms with van der Waals surface area (Å²) in [5.74, 6) is 1.50. The number of likely N-dealkylation sites (tertiary alicyclic amines) is 1. The molecule has 0 unspecified atom stereocenters. The third kappa shape index (κ3) is 6.08. The lowest BCUT2D eigenvalue weighted by molar-refractivity contribution is 0.148. The van der Waals surface area contributed by atoms with Gasteiger partial charge in [-0.05, 0) is 68.8 Å². The van der Waals surface area contributed by atoms with Crippen molar-refractivity contribution < 1.29 is 14.3 Å². The molecule has 0 aliphatic carbocycles. The highest BCUT2D eigenvalue weighted by molar-refractivity contribution is 5.84. The number of benzene rings is 2. The van der Waals surface area contributed by atoms with Gasteiger partial charge in [-0.1, -0.05) is 24.6 Å². The number of para-hydroxylation sites is 1. The van der Waals surface area contributed by atoms with Crippen molar-refractivity contribution in [1.29, 1.82) is 0 Å². The topological polar surface area (TPSA) is 50.8 Å². The molecule has 2 aromatic carbocycles. The fourth-order valence-electron chi connectivity index (χ4n) is 3.02. The average Bonchev–Trinajstić information content (AvgIpc) is 2.68. The van der Waals surface area contributed by atoms with Gasteiger partial charge >= 0.3 is 6.09 Å². The predicted octanol–water partition coefficient (Wildman–Crippen LogP) is 4.90. The molecule has 26 heavy (non-hydrogen) atoms. The Balaban J connectivity index is 1.36. The zero-order valence-corrected chi connectivity index (χ0v) is 15.0. The Labute approximate surface area is 154 Å². The number of anilines is 1.